The third-order valence-electron chi connectivity index (χ3n) is 5.94. The number of ether oxygens (including phenoxy) is 4. The first kappa shape index (κ1) is 22.6. The van der Waals surface area contributed by atoms with Crippen molar-refractivity contribution in [1.82, 2.24) is 0 Å². The van der Waals surface area contributed by atoms with Gasteiger partial charge < -0.3 is 24.1 Å². The molecule has 5 nitrogen and oxygen atoms in total. The average Bonchev–Trinajstić information content (AvgIpc) is 2.86. The quantitative estimate of drug-likeness (QED) is 0.562. The van der Waals surface area contributed by atoms with Crippen LogP contribution < -0.4 is 0 Å². The molecule has 33 heavy (non-hydrogen) atoms. The fourth-order valence-corrected chi connectivity index (χ4v) is 5.27. The van der Waals surface area contributed by atoms with Crippen molar-refractivity contribution in [2.24, 2.45) is 0 Å². The predicted molar refractivity (Wildman–Crippen MR) is 127 cm³/mol. The minimum Gasteiger partial charge on any atom is -0.387 e. The summed E-state index contributed by atoms with van der Waals surface area (Å²) in [5.74, 6) is 0. The highest BCUT2D eigenvalue weighted by molar-refractivity contribution is 7.99. The normalized spacial score (nSPS) is 29.4. The van der Waals surface area contributed by atoms with Gasteiger partial charge in [0, 0.05) is 10.5 Å². The lowest BCUT2D eigenvalue weighted by atomic mass is 9.98. The van der Waals surface area contributed by atoms with E-state index in [1.165, 1.54) is 5.56 Å². The molecule has 5 rings (SSSR count). The highest BCUT2D eigenvalue weighted by atomic mass is 32.2. The van der Waals surface area contributed by atoms with Gasteiger partial charge in [0.2, 0.25) is 0 Å². The van der Waals surface area contributed by atoms with Crippen molar-refractivity contribution in [2.45, 2.75) is 54.6 Å². The van der Waals surface area contributed by atoms with E-state index in [2.05, 4.69) is 31.2 Å². The molecule has 0 aliphatic carbocycles. The van der Waals surface area contributed by atoms with Gasteiger partial charge in [0.05, 0.1) is 13.2 Å². The molecular formula is C27H28O5S. The molecule has 0 radical (unpaired) electrons. The number of hydrogen-bond acceptors (Lipinski definition) is 6. The summed E-state index contributed by atoms with van der Waals surface area (Å²) >= 11 is 1.55. The van der Waals surface area contributed by atoms with E-state index in [-0.39, 0.29) is 6.10 Å². The van der Waals surface area contributed by atoms with Gasteiger partial charge in [-0.2, -0.15) is 0 Å². The molecule has 0 bridgehead atoms. The van der Waals surface area contributed by atoms with Crippen LogP contribution in [0.5, 0.6) is 0 Å². The van der Waals surface area contributed by atoms with Gasteiger partial charge in [0.1, 0.15) is 29.9 Å². The molecule has 0 aromatic heterocycles. The summed E-state index contributed by atoms with van der Waals surface area (Å²) in [6.07, 6.45) is -2.88. The zero-order chi connectivity index (χ0) is 22.6. The van der Waals surface area contributed by atoms with Gasteiger partial charge in [-0.3, -0.25) is 0 Å². The van der Waals surface area contributed by atoms with Gasteiger partial charge in [-0.25, -0.2) is 0 Å². The molecule has 2 aliphatic heterocycles. The van der Waals surface area contributed by atoms with E-state index in [0.717, 1.165) is 16.0 Å². The molecule has 172 valence electrons. The van der Waals surface area contributed by atoms with Crippen molar-refractivity contribution in [3.63, 3.8) is 0 Å². The van der Waals surface area contributed by atoms with Crippen LogP contribution >= 0.6 is 11.8 Å². The Morgan fingerprint density at radius 3 is 2.33 bits per heavy atom. The number of thioether (sulfide) groups is 1. The van der Waals surface area contributed by atoms with Crippen molar-refractivity contribution in [2.75, 3.05) is 6.61 Å². The first-order valence-electron chi connectivity index (χ1n) is 11.2. The van der Waals surface area contributed by atoms with E-state index in [0.29, 0.717) is 13.2 Å². The summed E-state index contributed by atoms with van der Waals surface area (Å²) in [4.78, 5) is 1.06. The molecule has 3 aromatic rings. The molecule has 2 heterocycles. The van der Waals surface area contributed by atoms with Crippen LogP contribution in [0.3, 0.4) is 0 Å². The van der Waals surface area contributed by atoms with E-state index in [9.17, 15) is 5.11 Å². The van der Waals surface area contributed by atoms with Gasteiger partial charge in [0.15, 0.2) is 6.29 Å². The second-order valence-electron chi connectivity index (χ2n) is 8.40. The lowest BCUT2D eigenvalue weighted by Gasteiger charge is -2.47. The van der Waals surface area contributed by atoms with Crippen LogP contribution in [-0.4, -0.2) is 41.6 Å². The minimum atomic E-state index is -0.856. The van der Waals surface area contributed by atoms with Crippen molar-refractivity contribution in [3.05, 3.63) is 102 Å². The predicted octanol–water partition coefficient (Wildman–Crippen LogP) is 4.87. The fraction of sp³-hybridized carbons (Fsp3) is 0.333. The van der Waals surface area contributed by atoms with Crippen molar-refractivity contribution < 1.29 is 24.1 Å². The highest BCUT2D eigenvalue weighted by Crippen LogP contribution is 2.40. The number of aryl methyl sites for hydroxylation is 1. The number of aliphatic hydroxyl groups is 1. The first-order valence-corrected chi connectivity index (χ1v) is 12.1. The largest absolute Gasteiger partial charge is 0.387 e. The summed E-state index contributed by atoms with van der Waals surface area (Å²) < 4.78 is 24.8. The Balaban J connectivity index is 1.35. The van der Waals surface area contributed by atoms with Gasteiger partial charge in [-0.1, -0.05) is 90.1 Å². The Morgan fingerprint density at radius 1 is 0.909 bits per heavy atom. The Labute approximate surface area is 198 Å². The topological polar surface area (TPSA) is 57.2 Å². The van der Waals surface area contributed by atoms with Crippen LogP contribution in [0.25, 0.3) is 0 Å². The van der Waals surface area contributed by atoms with E-state index in [1.807, 2.05) is 60.7 Å². The molecule has 2 fully saturated rings. The van der Waals surface area contributed by atoms with Crippen LogP contribution in [-0.2, 0) is 25.6 Å². The summed E-state index contributed by atoms with van der Waals surface area (Å²) in [6, 6.07) is 28.0. The number of rotatable bonds is 6. The van der Waals surface area contributed by atoms with Crippen LogP contribution in [0.1, 0.15) is 23.0 Å². The lowest BCUT2D eigenvalue weighted by Crippen LogP contribution is -2.61. The molecule has 1 N–H and O–H groups in total. The number of hydrogen-bond donors (Lipinski definition) is 1. The SMILES string of the molecule is Cc1ccc(S[C@@H]2O[C@@H]3COC(c4ccccc4)O[C@@H]3[C@H](O)[C@H]2OCc2ccccc2)cc1. The van der Waals surface area contributed by atoms with Crippen LogP contribution in [0.2, 0.25) is 0 Å². The lowest BCUT2D eigenvalue weighted by molar-refractivity contribution is -0.322. The molecule has 3 aromatic carbocycles. The Bertz CT molecular complexity index is 1010. The molecule has 1 unspecified atom stereocenters. The maximum atomic E-state index is 11.4. The molecule has 0 saturated carbocycles. The second-order valence-corrected chi connectivity index (χ2v) is 9.57. The number of benzene rings is 3. The number of fused-ring (bicyclic) bond motifs is 1. The van der Waals surface area contributed by atoms with E-state index in [4.69, 9.17) is 18.9 Å². The van der Waals surface area contributed by atoms with Gasteiger partial charge in [-0.05, 0) is 24.6 Å². The molecule has 0 amide bonds. The summed E-state index contributed by atoms with van der Waals surface area (Å²) in [6.45, 7) is 2.79. The Kier molecular flexibility index (Phi) is 7.11. The maximum absolute atomic E-state index is 11.4. The molecule has 6 heteroatoms. The van der Waals surface area contributed by atoms with Crippen molar-refractivity contribution in [1.29, 1.82) is 0 Å². The van der Waals surface area contributed by atoms with E-state index < -0.39 is 30.0 Å². The van der Waals surface area contributed by atoms with Crippen LogP contribution in [0.4, 0.5) is 0 Å². The van der Waals surface area contributed by atoms with Gasteiger partial charge in [-0.15, -0.1) is 0 Å². The fourth-order valence-electron chi connectivity index (χ4n) is 4.14. The molecule has 2 aliphatic rings. The molecule has 6 atom stereocenters. The zero-order valence-electron chi connectivity index (χ0n) is 18.4. The Hall–Kier alpha value is -2.19. The molecule has 0 spiro atoms. The van der Waals surface area contributed by atoms with Crippen molar-refractivity contribution in [3.8, 4) is 0 Å². The summed E-state index contributed by atoms with van der Waals surface area (Å²) in [5, 5.41) is 11.4. The van der Waals surface area contributed by atoms with Crippen molar-refractivity contribution >= 4 is 11.8 Å². The average molecular weight is 465 g/mol. The van der Waals surface area contributed by atoms with Crippen LogP contribution in [0.15, 0.2) is 89.8 Å². The summed E-state index contributed by atoms with van der Waals surface area (Å²) in [5.41, 5.74) is 2.76. The monoisotopic (exact) mass is 464 g/mol. The highest BCUT2D eigenvalue weighted by Gasteiger charge is 2.50. The van der Waals surface area contributed by atoms with Crippen LogP contribution in [0, 0.1) is 6.92 Å². The third kappa shape index (κ3) is 5.32. The smallest absolute Gasteiger partial charge is 0.184 e. The van der Waals surface area contributed by atoms with E-state index in [1.54, 1.807) is 11.8 Å². The third-order valence-corrected chi connectivity index (χ3v) is 7.10. The molecular weight excluding hydrogens is 436 g/mol. The minimum absolute atomic E-state index is 0.345. The second kappa shape index (κ2) is 10.4. The standard InChI is InChI=1S/C27H28O5S/c1-18-12-14-21(15-13-18)33-27-25(29-16-19-8-4-2-5-9-19)23(28)24-22(31-27)17-30-26(32-24)20-10-6-3-7-11-20/h2-15,22-28H,16-17H2,1H3/t22-,23+,24+,25-,26?,27+/m1/s1. The van der Waals surface area contributed by atoms with Gasteiger partial charge in [0.25, 0.3) is 0 Å². The maximum Gasteiger partial charge on any atom is 0.184 e. The van der Waals surface area contributed by atoms with E-state index >= 15 is 0 Å². The first-order chi connectivity index (χ1) is 16.2. The number of aliphatic hydroxyl groups excluding tert-OH is 1. The summed E-state index contributed by atoms with van der Waals surface area (Å²) in [7, 11) is 0. The zero-order valence-corrected chi connectivity index (χ0v) is 19.3. The van der Waals surface area contributed by atoms with Gasteiger partial charge >= 0.3 is 0 Å². The molecule has 2 saturated heterocycles. The Morgan fingerprint density at radius 2 is 1.61 bits per heavy atom.